The van der Waals surface area contributed by atoms with Gasteiger partial charge in [-0.25, -0.2) is 0 Å². The van der Waals surface area contributed by atoms with E-state index in [1.807, 2.05) is 30.3 Å². The van der Waals surface area contributed by atoms with Gasteiger partial charge < -0.3 is 10.6 Å². The van der Waals surface area contributed by atoms with Crippen LogP contribution in [-0.4, -0.2) is 15.9 Å². The first-order valence-electron chi connectivity index (χ1n) is 6.87. The number of hydrogen-bond donors (Lipinski definition) is 2. The molecule has 0 bridgehead atoms. The van der Waals surface area contributed by atoms with Gasteiger partial charge >= 0.3 is 0 Å². The van der Waals surface area contributed by atoms with Crippen molar-refractivity contribution < 1.29 is 4.79 Å². The van der Waals surface area contributed by atoms with Gasteiger partial charge in [0.15, 0.2) is 0 Å². The number of benzene rings is 2. The second kappa shape index (κ2) is 8.50. The first kappa shape index (κ1) is 19.5. The van der Waals surface area contributed by atoms with Crippen molar-refractivity contribution in [3.05, 3.63) is 64.1 Å². The molecule has 2 aromatic carbocycles. The lowest BCUT2D eigenvalue weighted by Crippen LogP contribution is -2.49. The summed E-state index contributed by atoms with van der Waals surface area (Å²) in [4.78, 5) is 12.2. The summed E-state index contributed by atoms with van der Waals surface area (Å²) in [5, 5.41) is 6.35. The number of carbonyl (C=O) groups excluding carboxylic acids is 1. The summed E-state index contributed by atoms with van der Waals surface area (Å²) in [6.45, 7) is 0. The largest absolute Gasteiger partial charge is 0.362 e. The SMILES string of the molecule is O=C(Cc1ccccc1)N[C@@H](Nc1ccc(Cl)c(Cl)c1)C(Cl)(Cl)Cl. The fraction of sp³-hybridized carbons (Fsp3) is 0.188. The van der Waals surface area contributed by atoms with Gasteiger partial charge in [-0.15, -0.1) is 0 Å². The third kappa shape index (κ3) is 5.91. The van der Waals surface area contributed by atoms with Gasteiger partial charge in [0.05, 0.1) is 16.5 Å². The minimum atomic E-state index is -1.77. The van der Waals surface area contributed by atoms with Crippen molar-refractivity contribution in [3.8, 4) is 0 Å². The van der Waals surface area contributed by atoms with Crippen LogP contribution in [0.1, 0.15) is 5.56 Å². The van der Waals surface area contributed by atoms with Crippen LogP contribution in [0.3, 0.4) is 0 Å². The lowest BCUT2D eigenvalue weighted by Gasteiger charge is -2.27. The Morgan fingerprint density at radius 3 is 2.25 bits per heavy atom. The molecule has 1 atom stereocenters. The standard InChI is InChI=1S/C16H13Cl5N2O/c17-12-7-6-11(9-13(12)18)22-15(16(19,20)21)23-14(24)8-10-4-2-1-3-5-10/h1-7,9,15,22H,8H2,(H,23,24)/t15-/m1/s1. The molecule has 1 amide bonds. The molecule has 3 nitrogen and oxygen atoms in total. The Kier molecular flexibility index (Phi) is 6.90. The van der Waals surface area contributed by atoms with Crippen molar-refractivity contribution in [1.29, 1.82) is 0 Å². The molecule has 2 aromatic rings. The highest BCUT2D eigenvalue weighted by atomic mass is 35.6. The number of anilines is 1. The molecule has 128 valence electrons. The molecule has 0 aliphatic rings. The highest BCUT2D eigenvalue weighted by Gasteiger charge is 2.34. The van der Waals surface area contributed by atoms with E-state index in [2.05, 4.69) is 10.6 Å². The van der Waals surface area contributed by atoms with Crippen LogP contribution in [0.2, 0.25) is 10.0 Å². The Balaban J connectivity index is 2.08. The van der Waals surface area contributed by atoms with Crippen LogP contribution in [0.25, 0.3) is 0 Å². The van der Waals surface area contributed by atoms with E-state index in [9.17, 15) is 4.79 Å². The van der Waals surface area contributed by atoms with Gasteiger partial charge in [-0.05, 0) is 23.8 Å². The van der Waals surface area contributed by atoms with Crippen molar-refractivity contribution in [1.82, 2.24) is 5.32 Å². The van der Waals surface area contributed by atoms with E-state index >= 15 is 0 Å². The smallest absolute Gasteiger partial charge is 0.228 e. The summed E-state index contributed by atoms with van der Waals surface area (Å²) in [5.74, 6) is -0.287. The first-order chi connectivity index (χ1) is 11.3. The maximum Gasteiger partial charge on any atom is 0.228 e. The highest BCUT2D eigenvalue weighted by molar-refractivity contribution is 6.68. The normalized spacial score (nSPS) is 12.5. The van der Waals surface area contributed by atoms with E-state index in [0.29, 0.717) is 15.7 Å². The number of nitrogens with one attached hydrogen (secondary N) is 2. The molecule has 24 heavy (non-hydrogen) atoms. The third-order valence-corrected chi connectivity index (χ3v) is 4.46. The third-order valence-electron chi connectivity index (χ3n) is 3.07. The lowest BCUT2D eigenvalue weighted by molar-refractivity contribution is -0.120. The molecule has 2 rings (SSSR count). The predicted octanol–water partition coefficient (Wildman–Crippen LogP) is 5.46. The Hall–Kier alpha value is -0.840. The molecule has 0 saturated heterocycles. The van der Waals surface area contributed by atoms with E-state index in [1.54, 1.807) is 18.2 Å². The topological polar surface area (TPSA) is 41.1 Å². The van der Waals surface area contributed by atoms with Crippen LogP contribution >= 0.6 is 58.0 Å². The molecular weight excluding hydrogens is 413 g/mol. The molecule has 0 aliphatic carbocycles. The van der Waals surface area contributed by atoms with Gasteiger partial charge in [0, 0.05) is 5.69 Å². The number of hydrogen-bond acceptors (Lipinski definition) is 2. The fourth-order valence-electron chi connectivity index (χ4n) is 1.95. The number of carbonyl (C=O) groups is 1. The molecule has 0 aliphatic heterocycles. The van der Waals surface area contributed by atoms with Crippen LogP contribution in [0, 0.1) is 0 Å². The average molecular weight is 427 g/mol. The molecule has 0 spiro atoms. The van der Waals surface area contributed by atoms with Gasteiger partial charge in [-0.2, -0.15) is 0 Å². The van der Waals surface area contributed by atoms with Crippen LogP contribution in [0.15, 0.2) is 48.5 Å². The Morgan fingerprint density at radius 2 is 1.67 bits per heavy atom. The summed E-state index contributed by atoms with van der Waals surface area (Å²) in [6.07, 6.45) is -0.780. The molecule has 0 unspecified atom stereocenters. The summed E-state index contributed by atoms with van der Waals surface area (Å²) >= 11 is 29.7. The van der Waals surface area contributed by atoms with E-state index in [0.717, 1.165) is 5.56 Å². The van der Waals surface area contributed by atoms with E-state index < -0.39 is 9.96 Å². The van der Waals surface area contributed by atoms with Gasteiger partial charge in [0.25, 0.3) is 0 Å². The van der Waals surface area contributed by atoms with Crippen molar-refractivity contribution >= 4 is 69.6 Å². The number of alkyl halides is 3. The Morgan fingerprint density at radius 1 is 1.00 bits per heavy atom. The van der Waals surface area contributed by atoms with Crippen LogP contribution in [0.5, 0.6) is 0 Å². The zero-order valence-electron chi connectivity index (χ0n) is 12.2. The molecular formula is C16H13Cl5N2O. The van der Waals surface area contributed by atoms with Gasteiger partial charge in [-0.3, -0.25) is 4.79 Å². The molecule has 8 heteroatoms. The summed E-state index contributed by atoms with van der Waals surface area (Å²) in [6, 6.07) is 14.1. The second-order valence-corrected chi connectivity index (χ2v) is 8.16. The average Bonchev–Trinajstić information content (AvgIpc) is 2.50. The van der Waals surface area contributed by atoms with E-state index in [1.165, 1.54) is 0 Å². The molecule has 0 heterocycles. The lowest BCUT2D eigenvalue weighted by atomic mass is 10.1. The maximum absolute atomic E-state index is 12.2. The van der Waals surface area contributed by atoms with Crippen molar-refractivity contribution in [2.75, 3.05) is 5.32 Å². The van der Waals surface area contributed by atoms with Crippen molar-refractivity contribution in [2.24, 2.45) is 0 Å². The van der Waals surface area contributed by atoms with Gasteiger partial charge in [0.1, 0.15) is 6.17 Å². The monoisotopic (exact) mass is 424 g/mol. The molecule has 0 fully saturated rings. The van der Waals surface area contributed by atoms with Crippen molar-refractivity contribution in [3.63, 3.8) is 0 Å². The zero-order valence-corrected chi connectivity index (χ0v) is 16.0. The molecule has 0 aromatic heterocycles. The zero-order chi connectivity index (χ0) is 17.7. The summed E-state index contributed by atoms with van der Waals surface area (Å²) in [7, 11) is 0. The summed E-state index contributed by atoms with van der Waals surface area (Å²) < 4.78 is -1.77. The molecule has 0 radical (unpaired) electrons. The maximum atomic E-state index is 12.2. The Bertz CT molecular complexity index is 703. The minimum Gasteiger partial charge on any atom is -0.362 e. The minimum absolute atomic E-state index is 0.168. The summed E-state index contributed by atoms with van der Waals surface area (Å²) in [5.41, 5.74) is 1.41. The van der Waals surface area contributed by atoms with Gasteiger partial charge in [-0.1, -0.05) is 88.3 Å². The Labute approximate surface area is 165 Å². The van der Waals surface area contributed by atoms with Gasteiger partial charge in [0.2, 0.25) is 9.70 Å². The first-order valence-corrected chi connectivity index (χ1v) is 8.76. The number of halogens is 5. The predicted molar refractivity (Wildman–Crippen MR) is 102 cm³/mol. The quantitative estimate of drug-likeness (QED) is 0.492. The molecule has 2 N–H and O–H groups in total. The number of rotatable bonds is 5. The van der Waals surface area contributed by atoms with E-state index in [4.69, 9.17) is 58.0 Å². The van der Waals surface area contributed by atoms with Crippen LogP contribution < -0.4 is 10.6 Å². The second-order valence-electron chi connectivity index (χ2n) is 4.98. The fourth-order valence-corrected chi connectivity index (χ4v) is 2.57. The number of amides is 1. The van der Waals surface area contributed by atoms with Crippen LogP contribution in [-0.2, 0) is 11.2 Å². The molecule has 0 saturated carbocycles. The van der Waals surface area contributed by atoms with Crippen molar-refractivity contribution in [2.45, 2.75) is 16.4 Å². The van der Waals surface area contributed by atoms with E-state index in [-0.39, 0.29) is 12.3 Å². The highest BCUT2D eigenvalue weighted by Crippen LogP contribution is 2.32. The van der Waals surface area contributed by atoms with Crippen LogP contribution in [0.4, 0.5) is 5.69 Å².